The van der Waals surface area contributed by atoms with Crippen molar-refractivity contribution in [2.75, 3.05) is 0 Å². The molecule has 1 aromatic rings. The van der Waals surface area contributed by atoms with Crippen LogP contribution in [0.3, 0.4) is 0 Å². The van der Waals surface area contributed by atoms with Crippen molar-refractivity contribution in [3.8, 4) is 6.07 Å². The molecule has 0 unspecified atom stereocenters. The van der Waals surface area contributed by atoms with E-state index in [0.29, 0.717) is 23.1 Å². The topological polar surface area (TPSA) is 57.9 Å². The Kier molecular flexibility index (Phi) is 3.38. The van der Waals surface area contributed by atoms with E-state index in [2.05, 4.69) is 0 Å². The van der Waals surface area contributed by atoms with E-state index in [-0.39, 0.29) is 4.90 Å². The van der Waals surface area contributed by atoms with E-state index in [9.17, 15) is 8.42 Å². The van der Waals surface area contributed by atoms with Gasteiger partial charge in [-0.3, -0.25) is 0 Å². The van der Waals surface area contributed by atoms with Gasteiger partial charge in [0.1, 0.15) is 0 Å². The number of nitrogens with zero attached hydrogens (tertiary/aromatic N) is 1. The Labute approximate surface area is 93.7 Å². The number of hydrogen-bond acceptors (Lipinski definition) is 3. The molecule has 0 N–H and O–H groups in total. The predicted molar refractivity (Wildman–Crippen MR) is 58.3 cm³/mol. The molecule has 0 spiro atoms. The summed E-state index contributed by atoms with van der Waals surface area (Å²) in [6.45, 7) is 3.46. The lowest BCUT2D eigenvalue weighted by atomic mass is 10.1. The largest absolute Gasteiger partial charge is 0.261 e. The average Bonchev–Trinajstić information content (AvgIpc) is 2.14. The minimum atomic E-state index is -3.74. The number of rotatable bonds is 2. The van der Waals surface area contributed by atoms with E-state index < -0.39 is 9.05 Å². The van der Waals surface area contributed by atoms with Gasteiger partial charge < -0.3 is 0 Å². The third-order valence-corrected chi connectivity index (χ3v) is 3.64. The van der Waals surface area contributed by atoms with Gasteiger partial charge in [-0.15, -0.1) is 0 Å². The summed E-state index contributed by atoms with van der Waals surface area (Å²) in [5, 5.41) is 8.74. The van der Waals surface area contributed by atoms with Crippen LogP contribution in [0.5, 0.6) is 0 Å². The van der Waals surface area contributed by atoms with Gasteiger partial charge in [-0.25, -0.2) is 8.42 Å². The molecule has 3 nitrogen and oxygen atoms in total. The predicted octanol–water partition coefficient (Wildman–Crippen LogP) is 2.36. The lowest BCUT2D eigenvalue weighted by Crippen LogP contribution is -2.01. The van der Waals surface area contributed by atoms with Gasteiger partial charge in [-0.1, -0.05) is 6.92 Å². The van der Waals surface area contributed by atoms with Gasteiger partial charge >= 0.3 is 0 Å². The molecule has 0 amide bonds. The molecule has 0 aliphatic carbocycles. The van der Waals surface area contributed by atoms with Crippen LogP contribution >= 0.6 is 10.7 Å². The SMILES string of the molecule is CCc1cc(C#N)cc(C)c1S(=O)(=O)Cl. The summed E-state index contributed by atoms with van der Waals surface area (Å²) in [5.74, 6) is 0. The third-order valence-electron chi connectivity index (χ3n) is 2.11. The summed E-state index contributed by atoms with van der Waals surface area (Å²) < 4.78 is 22.6. The maximum atomic E-state index is 11.3. The van der Waals surface area contributed by atoms with Crippen molar-refractivity contribution in [2.45, 2.75) is 25.2 Å². The van der Waals surface area contributed by atoms with Gasteiger partial charge in [0.2, 0.25) is 0 Å². The fourth-order valence-electron chi connectivity index (χ4n) is 1.52. The molecule has 0 bridgehead atoms. The standard InChI is InChI=1S/C10H10ClNO2S/c1-3-9-5-8(6-12)4-7(2)10(9)15(11,13)14/h4-5H,3H2,1-2H3. The van der Waals surface area contributed by atoms with Crippen molar-refractivity contribution < 1.29 is 8.42 Å². The second-order valence-electron chi connectivity index (χ2n) is 3.18. The Hall–Kier alpha value is -1.05. The summed E-state index contributed by atoms with van der Waals surface area (Å²) in [5.41, 5.74) is 1.55. The maximum Gasteiger partial charge on any atom is 0.261 e. The molecule has 80 valence electrons. The maximum absolute atomic E-state index is 11.3. The fourth-order valence-corrected chi connectivity index (χ4v) is 3.15. The van der Waals surface area contributed by atoms with E-state index in [1.165, 1.54) is 6.07 Å². The lowest BCUT2D eigenvalue weighted by Gasteiger charge is -2.08. The van der Waals surface area contributed by atoms with Crippen molar-refractivity contribution in [2.24, 2.45) is 0 Å². The molecule has 15 heavy (non-hydrogen) atoms. The van der Waals surface area contributed by atoms with Crippen molar-refractivity contribution in [1.29, 1.82) is 5.26 Å². The normalized spacial score (nSPS) is 11.1. The zero-order valence-electron chi connectivity index (χ0n) is 8.41. The zero-order valence-corrected chi connectivity index (χ0v) is 9.98. The third kappa shape index (κ3) is 2.49. The van der Waals surface area contributed by atoms with E-state index in [4.69, 9.17) is 15.9 Å². The minimum Gasteiger partial charge on any atom is -0.207 e. The smallest absolute Gasteiger partial charge is 0.207 e. The Balaban J connectivity index is 3.61. The summed E-state index contributed by atoms with van der Waals surface area (Å²) >= 11 is 0. The number of benzene rings is 1. The number of halogens is 1. The second kappa shape index (κ2) is 4.21. The molecule has 5 heteroatoms. The number of nitriles is 1. The summed E-state index contributed by atoms with van der Waals surface area (Å²) in [6, 6.07) is 5.06. The molecule has 0 radical (unpaired) electrons. The van der Waals surface area contributed by atoms with E-state index >= 15 is 0 Å². The van der Waals surface area contributed by atoms with Crippen LogP contribution in [0.1, 0.15) is 23.6 Å². The molecular weight excluding hydrogens is 234 g/mol. The monoisotopic (exact) mass is 243 g/mol. The molecule has 1 aromatic carbocycles. The molecule has 1 rings (SSSR count). The fraction of sp³-hybridized carbons (Fsp3) is 0.300. The van der Waals surface area contributed by atoms with Gasteiger partial charge in [0.05, 0.1) is 16.5 Å². The molecular formula is C10H10ClNO2S. The van der Waals surface area contributed by atoms with Gasteiger partial charge in [0, 0.05) is 10.7 Å². The first-order chi connectivity index (χ1) is 6.90. The highest BCUT2D eigenvalue weighted by Gasteiger charge is 2.18. The van der Waals surface area contributed by atoms with E-state index in [1.807, 2.05) is 13.0 Å². The molecule has 0 saturated heterocycles. The summed E-state index contributed by atoms with van der Waals surface area (Å²) in [6.07, 6.45) is 0.525. The van der Waals surface area contributed by atoms with Crippen molar-refractivity contribution in [3.05, 3.63) is 28.8 Å². The van der Waals surface area contributed by atoms with Crippen LogP contribution in [-0.4, -0.2) is 8.42 Å². The van der Waals surface area contributed by atoms with Crippen LogP contribution < -0.4 is 0 Å². The van der Waals surface area contributed by atoms with Crippen LogP contribution in [0.15, 0.2) is 17.0 Å². The molecule has 0 aliphatic heterocycles. The van der Waals surface area contributed by atoms with Crippen LogP contribution in [-0.2, 0) is 15.5 Å². The molecule has 0 aliphatic rings. The Morgan fingerprint density at radius 3 is 2.47 bits per heavy atom. The van der Waals surface area contributed by atoms with E-state index in [0.717, 1.165) is 0 Å². The summed E-state index contributed by atoms with van der Waals surface area (Å²) in [7, 11) is 1.59. The zero-order chi connectivity index (χ0) is 11.6. The number of hydrogen-bond donors (Lipinski definition) is 0. The molecule has 0 saturated carbocycles. The molecule has 0 aromatic heterocycles. The second-order valence-corrected chi connectivity index (χ2v) is 5.69. The minimum absolute atomic E-state index is 0.130. The Bertz CT molecular complexity index is 529. The van der Waals surface area contributed by atoms with Crippen molar-refractivity contribution in [1.82, 2.24) is 0 Å². The molecule has 0 heterocycles. The van der Waals surface area contributed by atoms with Gasteiger partial charge in [0.15, 0.2) is 0 Å². The van der Waals surface area contributed by atoms with Crippen LogP contribution in [0, 0.1) is 18.3 Å². The molecule has 0 fully saturated rings. The van der Waals surface area contributed by atoms with Crippen LogP contribution in [0.25, 0.3) is 0 Å². The Morgan fingerprint density at radius 2 is 2.07 bits per heavy atom. The average molecular weight is 244 g/mol. The van der Waals surface area contributed by atoms with Crippen LogP contribution in [0.4, 0.5) is 0 Å². The first-order valence-electron chi connectivity index (χ1n) is 4.38. The van der Waals surface area contributed by atoms with Crippen molar-refractivity contribution in [3.63, 3.8) is 0 Å². The first-order valence-corrected chi connectivity index (χ1v) is 6.69. The lowest BCUT2D eigenvalue weighted by molar-refractivity contribution is 0.608. The summed E-state index contributed by atoms with van der Waals surface area (Å²) in [4.78, 5) is 0.130. The highest BCUT2D eigenvalue weighted by Crippen LogP contribution is 2.25. The van der Waals surface area contributed by atoms with Crippen LogP contribution in [0.2, 0.25) is 0 Å². The van der Waals surface area contributed by atoms with Gasteiger partial charge in [0.25, 0.3) is 9.05 Å². The number of aryl methyl sites for hydroxylation is 2. The van der Waals surface area contributed by atoms with Gasteiger partial charge in [-0.2, -0.15) is 5.26 Å². The highest BCUT2D eigenvalue weighted by molar-refractivity contribution is 8.13. The van der Waals surface area contributed by atoms with E-state index in [1.54, 1.807) is 13.0 Å². The molecule has 0 atom stereocenters. The quantitative estimate of drug-likeness (QED) is 0.750. The first kappa shape index (κ1) is 12.0. The highest BCUT2D eigenvalue weighted by atomic mass is 35.7. The van der Waals surface area contributed by atoms with Gasteiger partial charge in [-0.05, 0) is 36.6 Å². The Morgan fingerprint density at radius 1 is 1.47 bits per heavy atom. The van der Waals surface area contributed by atoms with Crippen molar-refractivity contribution >= 4 is 19.7 Å².